The second-order valence-electron chi connectivity index (χ2n) is 10.5. The summed E-state index contributed by atoms with van der Waals surface area (Å²) < 4.78 is 7.65. The van der Waals surface area contributed by atoms with Crippen LogP contribution in [0.1, 0.15) is 48.6 Å². The smallest absolute Gasteiger partial charge is 0.410 e. The zero-order valence-electron chi connectivity index (χ0n) is 24.2. The van der Waals surface area contributed by atoms with Crippen molar-refractivity contribution >= 4 is 22.8 Å². The van der Waals surface area contributed by atoms with Crippen molar-refractivity contribution in [2.24, 2.45) is 5.92 Å². The van der Waals surface area contributed by atoms with Gasteiger partial charge in [-0.15, -0.1) is 0 Å². The predicted molar refractivity (Wildman–Crippen MR) is 164 cm³/mol. The summed E-state index contributed by atoms with van der Waals surface area (Å²) >= 11 is 0. The van der Waals surface area contributed by atoms with Gasteiger partial charge in [0.2, 0.25) is 5.91 Å². The third-order valence-corrected chi connectivity index (χ3v) is 7.46. The third-order valence-electron chi connectivity index (χ3n) is 7.46. The van der Waals surface area contributed by atoms with E-state index in [0.29, 0.717) is 31.7 Å². The first-order valence-electron chi connectivity index (χ1n) is 14.1. The molecule has 0 spiro atoms. The zero-order valence-corrected chi connectivity index (χ0v) is 24.2. The lowest BCUT2D eigenvalue weighted by Crippen LogP contribution is -2.37. The molecule has 2 atom stereocenters. The van der Waals surface area contributed by atoms with E-state index < -0.39 is 6.09 Å². The molecule has 0 fully saturated rings. The fraction of sp³-hybridized carbons (Fsp3) is 0.294. The summed E-state index contributed by atoms with van der Waals surface area (Å²) in [6.45, 7) is 9.32. The topological polar surface area (TPSA) is 100 Å². The monoisotopic (exact) mass is 563 g/mol. The quantitative estimate of drug-likeness (QED) is 0.200. The van der Waals surface area contributed by atoms with Gasteiger partial charge in [0.15, 0.2) is 0 Å². The van der Waals surface area contributed by atoms with Gasteiger partial charge in [-0.3, -0.25) is 4.79 Å². The van der Waals surface area contributed by atoms with Gasteiger partial charge >= 0.3 is 6.09 Å². The van der Waals surface area contributed by atoms with Crippen LogP contribution in [-0.2, 0) is 22.6 Å². The largest absolute Gasteiger partial charge is 0.445 e. The highest BCUT2D eigenvalue weighted by Crippen LogP contribution is 2.30. The van der Waals surface area contributed by atoms with E-state index in [1.165, 1.54) is 6.92 Å². The average Bonchev–Trinajstić information content (AvgIpc) is 3.45. The maximum Gasteiger partial charge on any atom is 0.410 e. The molecule has 0 aliphatic heterocycles. The molecule has 0 saturated carbocycles. The van der Waals surface area contributed by atoms with Crippen LogP contribution in [0.15, 0.2) is 91.9 Å². The van der Waals surface area contributed by atoms with Gasteiger partial charge in [-0.2, -0.15) is 5.26 Å². The van der Waals surface area contributed by atoms with Crippen molar-refractivity contribution in [3.8, 4) is 6.07 Å². The minimum absolute atomic E-state index is 0.0739. The van der Waals surface area contributed by atoms with E-state index in [4.69, 9.17) is 4.74 Å². The van der Waals surface area contributed by atoms with E-state index in [-0.39, 0.29) is 24.3 Å². The number of aromatic nitrogens is 2. The normalized spacial score (nSPS) is 12.2. The SMILES string of the molecule is C=CCOC(=O)N(Cc1cccc2ccccc12)CC(c1cncn1Cc1ccc(C#N)cc1)C(C)CCNC(C)=O. The van der Waals surface area contributed by atoms with Crippen LogP contribution >= 0.6 is 0 Å². The van der Waals surface area contributed by atoms with Gasteiger partial charge in [0.25, 0.3) is 0 Å². The minimum Gasteiger partial charge on any atom is -0.445 e. The summed E-state index contributed by atoms with van der Waals surface area (Å²) in [5, 5.41) is 14.3. The molecule has 0 saturated heterocycles. The lowest BCUT2D eigenvalue weighted by molar-refractivity contribution is -0.119. The number of nitrogens with zero attached hydrogens (tertiary/aromatic N) is 4. The molecule has 0 aliphatic rings. The highest BCUT2D eigenvalue weighted by molar-refractivity contribution is 5.86. The van der Waals surface area contributed by atoms with Gasteiger partial charge in [0.1, 0.15) is 6.61 Å². The summed E-state index contributed by atoms with van der Waals surface area (Å²) in [6.07, 6.45) is 5.52. The van der Waals surface area contributed by atoms with Crippen molar-refractivity contribution in [2.45, 2.75) is 39.3 Å². The number of rotatable bonds is 13. The number of hydrogen-bond donors (Lipinski definition) is 1. The molecule has 4 rings (SSSR count). The molecule has 8 nitrogen and oxygen atoms in total. The maximum absolute atomic E-state index is 13.5. The number of amides is 2. The standard InChI is InChI=1S/C34H37N5O3/c1-4-18-42-34(41)38(22-30-10-7-9-29-8-5-6-11-31(29)30)23-32(25(2)16-17-37-26(3)40)33-20-36-24-39(33)21-28-14-12-27(19-35)13-15-28/h4-15,20,24-25,32H,1,16-18,21-23H2,2-3H3,(H,37,40). The average molecular weight is 564 g/mol. The number of fused-ring (bicyclic) bond motifs is 1. The fourth-order valence-electron chi connectivity index (χ4n) is 5.19. The first-order chi connectivity index (χ1) is 20.4. The molecule has 0 radical (unpaired) electrons. The molecule has 8 heteroatoms. The first kappa shape index (κ1) is 30.1. The van der Waals surface area contributed by atoms with Crippen molar-refractivity contribution in [3.05, 3.63) is 114 Å². The van der Waals surface area contributed by atoms with Crippen molar-refractivity contribution in [3.63, 3.8) is 0 Å². The Morgan fingerprint density at radius 1 is 1.14 bits per heavy atom. The Bertz CT molecular complexity index is 1550. The van der Waals surface area contributed by atoms with Crippen LogP contribution in [0.2, 0.25) is 0 Å². The number of nitrogens with one attached hydrogen (secondary N) is 1. The molecule has 1 N–H and O–H groups in total. The van der Waals surface area contributed by atoms with E-state index in [1.807, 2.05) is 42.6 Å². The van der Waals surface area contributed by atoms with Gasteiger partial charge in [0.05, 0.1) is 18.0 Å². The molecule has 2 unspecified atom stereocenters. The number of carbonyl (C=O) groups is 2. The van der Waals surface area contributed by atoms with E-state index >= 15 is 0 Å². The van der Waals surface area contributed by atoms with Gasteiger partial charge in [-0.25, -0.2) is 9.78 Å². The number of hydrogen-bond acceptors (Lipinski definition) is 5. The summed E-state index contributed by atoms with van der Waals surface area (Å²) in [5.74, 6) is -0.0865. The Kier molecular flexibility index (Phi) is 10.5. The molecule has 3 aromatic carbocycles. The van der Waals surface area contributed by atoms with Crippen molar-refractivity contribution in [1.82, 2.24) is 19.8 Å². The van der Waals surface area contributed by atoms with Gasteiger partial charge in [0, 0.05) is 50.9 Å². The number of carbonyl (C=O) groups excluding carboxylic acids is 2. The number of ether oxygens (including phenoxy) is 1. The van der Waals surface area contributed by atoms with Crippen LogP contribution in [0, 0.1) is 17.2 Å². The Hall–Kier alpha value is -4.90. The minimum atomic E-state index is -0.417. The molecule has 1 aromatic heterocycles. The molecule has 4 aromatic rings. The highest BCUT2D eigenvalue weighted by Gasteiger charge is 2.28. The van der Waals surface area contributed by atoms with E-state index in [9.17, 15) is 14.9 Å². The summed E-state index contributed by atoms with van der Waals surface area (Å²) in [6, 6.07) is 23.9. The maximum atomic E-state index is 13.5. The summed E-state index contributed by atoms with van der Waals surface area (Å²) in [4.78, 5) is 31.3. The number of benzene rings is 3. The van der Waals surface area contributed by atoms with Crippen molar-refractivity contribution in [2.75, 3.05) is 19.7 Å². The molecule has 216 valence electrons. The number of imidazole rings is 1. The van der Waals surface area contributed by atoms with Crippen LogP contribution in [0.25, 0.3) is 10.8 Å². The molecular formula is C34H37N5O3. The van der Waals surface area contributed by atoms with Gasteiger partial charge < -0.3 is 19.5 Å². The highest BCUT2D eigenvalue weighted by atomic mass is 16.6. The lowest BCUT2D eigenvalue weighted by Gasteiger charge is -2.31. The van der Waals surface area contributed by atoms with E-state index in [1.54, 1.807) is 29.4 Å². The Morgan fingerprint density at radius 3 is 2.64 bits per heavy atom. The predicted octanol–water partition coefficient (Wildman–Crippen LogP) is 6.03. The molecule has 2 amide bonds. The van der Waals surface area contributed by atoms with Crippen molar-refractivity contribution in [1.29, 1.82) is 5.26 Å². The van der Waals surface area contributed by atoms with Gasteiger partial charge in [-0.1, -0.05) is 74.2 Å². The van der Waals surface area contributed by atoms with E-state index in [2.05, 4.69) is 52.6 Å². The second-order valence-corrected chi connectivity index (χ2v) is 10.5. The Labute approximate surface area is 247 Å². The van der Waals surface area contributed by atoms with Crippen molar-refractivity contribution < 1.29 is 14.3 Å². The van der Waals surface area contributed by atoms with Crippen LogP contribution < -0.4 is 5.32 Å². The molecule has 0 aliphatic carbocycles. The Morgan fingerprint density at radius 2 is 1.90 bits per heavy atom. The zero-order chi connectivity index (χ0) is 29.9. The summed E-state index contributed by atoms with van der Waals surface area (Å²) in [5.41, 5.74) is 3.65. The lowest BCUT2D eigenvalue weighted by atomic mass is 9.87. The molecular weight excluding hydrogens is 526 g/mol. The van der Waals surface area contributed by atoms with Crippen LogP contribution in [-0.4, -0.2) is 46.1 Å². The fourth-order valence-corrected chi connectivity index (χ4v) is 5.19. The molecule has 42 heavy (non-hydrogen) atoms. The van der Waals surface area contributed by atoms with Gasteiger partial charge in [-0.05, 0) is 46.4 Å². The molecule has 0 bridgehead atoms. The third kappa shape index (κ3) is 7.85. The van der Waals surface area contributed by atoms with Crippen LogP contribution in [0.4, 0.5) is 4.79 Å². The molecule has 1 heterocycles. The van der Waals surface area contributed by atoms with Crippen LogP contribution in [0.3, 0.4) is 0 Å². The Balaban J connectivity index is 1.67. The van der Waals surface area contributed by atoms with E-state index in [0.717, 1.165) is 34.0 Å². The summed E-state index contributed by atoms with van der Waals surface area (Å²) in [7, 11) is 0. The second kappa shape index (κ2) is 14.6. The number of nitriles is 1. The van der Waals surface area contributed by atoms with Crippen LogP contribution in [0.5, 0.6) is 0 Å². The first-order valence-corrected chi connectivity index (χ1v) is 14.1.